The zero-order valence-corrected chi connectivity index (χ0v) is 16.1. The van der Waals surface area contributed by atoms with Crippen LogP contribution >= 0.6 is 0 Å². The Morgan fingerprint density at radius 3 is 2.62 bits per heavy atom. The van der Waals surface area contributed by atoms with Gasteiger partial charge in [-0.3, -0.25) is 0 Å². The summed E-state index contributed by atoms with van der Waals surface area (Å²) in [6, 6.07) is 11.0. The fourth-order valence-electron chi connectivity index (χ4n) is 3.82. The molecule has 2 unspecified atom stereocenters. The summed E-state index contributed by atoms with van der Waals surface area (Å²) in [6.45, 7) is 8.69. The molecule has 0 bridgehead atoms. The van der Waals surface area contributed by atoms with E-state index in [1.165, 1.54) is 31.2 Å². The molecule has 1 N–H and O–H groups in total. The number of benzene rings is 1. The van der Waals surface area contributed by atoms with Crippen molar-refractivity contribution in [2.24, 2.45) is 11.8 Å². The summed E-state index contributed by atoms with van der Waals surface area (Å²) >= 11 is 0. The molecule has 0 aromatic heterocycles. The Kier molecular flexibility index (Phi) is 7.73. The van der Waals surface area contributed by atoms with Gasteiger partial charge in [0.25, 0.3) is 0 Å². The van der Waals surface area contributed by atoms with Crippen molar-refractivity contribution in [3.63, 3.8) is 0 Å². The fourth-order valence-corrected chi connectivity index (χ4v) is 3.82. The van der Waals surface area contributed by atoms with Gasteiger partial charge in [0.15, 0.2) is 0 Å². The van der Waals surface area contributed by atoms with Gasteiger partial charge in [-0.05, 0) is 77.6 Å². The van der Waals surface area contributed by atoms with Crippen LogP contribution in [0, 0.1) is 11.8 Å². The minimum atomic E-state index is 0.0379. The van der Waals surface area contributed by atoms with Crippen LogP contribution in [0.15, 0.2) is 30.3 Å². The molecule has 2 atom stereocenters. The zero-order valence-electron chi connectivity index (χ0n) is 16.1. The molecule has 1 fully saturated rings. The van der Waals surface area contributed by atoms with Gasteiger partial charge in [0.1, 0.15) is 0 Å². The van der Waals surface area contributed by atoms with E-state index in [0.29, 0.717) is 0 Å². The predicted octanol–water partition coefficient (Wildman–Crippen LogP) is 3.59. The molecule has 136 valence electrons. The number of likely N-dealkylation sites (N-methyl/N-ethyl adjacent to an activating group) is 1. The van der Waals surface area contributed by atoms with Gasteiger partial charge in [-0.15, -0.1) is 0 Å². The predicted molar refractivity (Wildman–Crippen MR) is 102 cm³/mol. The maximum atomic E-state index is 5.94. The first-order valence-electron chi connectivity index (χ1n) is 9.49. The molecule has 24 heavy (non-hydrogen) atoms. The van der Waals surface area contributed by atoms with Crippen molar-refractivity contribution in [2.75, 3.05) is 40.3 Å². The Balaban J connectivity index is 1.91. The second kappa shape index (κ2) is 9.55. The molecule has 0 radical (unpaired) electrons. The highest BCUT2D eigenvalue weighted by Crippen LogP contribution is 2.36. The van der Waals surface area contributed by atoms with E-state index in [1.807, 2.05) is 0 Å². The highest BCUT2D eigenvalue weighted by Gasteiger charge is 2.33. The van der Waals surface area contributed by atoms with Gasteiger partial charge < -0.3 is 15.0 Å². The summed E-state index contributed by atoms with van der Waals surface area (Å²) in [5.41, 5.74) is 1.51. The number of hydrogen-bond donors (Lipinski definition) is 1. The number of rotatable bonds is 9. The molecule has 1 saturated heterocycles. The van der Waals surface area contributed by atoms with Gasteiger partial charge in [0.05, 0.1) is 5.60 Å². The van der Waals surface area contributed by atoms with Crippen molar-refractivity contribution < 1.29 is 4.74 Å². The van der Waals surface area contributed by atoms with Crippen molar-refractivity contribution in [1.29, 1.82) is 0 Å². The molecule has 1 aromatic carbocycles. The van der Waals surface area contributed by atoms with Crippen molar-refractivity contribution in [1.82, 2.24) is 10.2 Å². The van der Waals surface area contributed by atoms with Gasteiger partial charge in [-0.2, -0.15) is 0 Å². The van der Waals surface area contributed by atoms with Crippen LogP contribution < -0.4 is 5.32 Å². The topological polar surface area (TPSA) is 24.5 Å². The number of hydrogen-bond acceptors (Lipinski definition) is 3. The van der Waals surface area contributed by atoms with Gasteiger partial charge in [0.2, 0.25) is 0 Å². The molecule has 1 heterocycles. The molecular formula is C21H36N2O. The van der Waals surface area contributed by atoms with Gasteiger partial charge >= 0.3 is 0 Å². The molecule has 0 saturated carbocycles. The maximum absolute atomic E-state index is 5.94. The van der Waals surface area contributed by atoms with Crippen LogP contribution in [0.2, 0.25) is 0 Å². The largest absolute Gasteiger partial charge is 0.376 e. The monoisotopic (exact) mass is 332 g/mol. The number of ether oxygens (including phenoxy) is 1. The minimum Gasteiger partial charge on any atom is -0.376 e. The molecule has 1 aliphatic heterocycles. The first-order valence-corrected chi connectivity index (χ1v) is 9.49. The van der Waals surface area contributed by atoms with E-state index in [2.05, 4.69) is 68.5 Å². The highest BCUT2D eigenvalue weighted by atomic mass is 16.5. The molecule has 0 aliphatic carbocycles. The lowest BCUT2D eigenvalue weighted by Crippen LogP contribution is -2.38. The second-order valence-electron chi connectivity index (χ2n) is 8.15. The fraction of sp³-hybridized carbons (Fsp3) is 0.714. The standard InChI is InChI=1S/C21H36N2O/c1-21(2)17-20(11-15-24-21)19(10-12-22-13-14-23(3)4)16-18-8-6-5-7-9-18/h5-9,19-20,22H,10-17H2,1-4H3. The van der Waals surface area contributed by atoms with E-state index >= 15 is 0 Å². The molecule has 0 amide bonds. The third-order valence-electron chi connectivity index (χ3n) is 5.17. The molecule has 3 nitrogen and oxygen atoms in total. The van der Waals surface area contributed by atoms with Crippen LogP contribution in [0.4, 0.5) is 0 Å². The van der Waals surface area contributed by atoms with Crippen LogP contribution in [0.25, 0.3) is 0 Å². The normalized spacial score (nSPS) is 21.8. The van der Waals surface area contributed by atoms with E-state index in [0.717, 1.165) is 38.1 Å². The summed E-state index contributed by atoms with van der Waals surface area (Å²) in [5.74, 6) is 1.51. The van der Waals surface area contributed by atoms with Crippen molar-refractivity contribution in [3.8, 4) is 0 Å². The van der Waals surface area contributed by atoms with E-state index in [4.69, 9.17) is 4.74 Å². The Morgan fingerprint density at radius 2 is 1.96 bits per heavy atom. The van der Waals surface area contributed by atoms with Crippen molar-refractivity contribution >= 4 is 0 Å². The van der Waals surface area contributed by atoms with E-state index < -0.39 is 0 Å². The van der Waals surface area contributed by atoms with Crippen LogP contribution in [-0.2, 0) is 11.2 Å². The summed E-state index contributed by atoms with van der Waals surface area (Å²) in [6.07, 6.45) is 4.83. The Bertz CT molecular complexity index is 458. The summed E-state index contributed by atoms with van der Waals surface area (Å²) in [5, 5.41) is 3.62. The van der Waals surface area contributed by atoms with Crippen LogP contribution in [0.5, 0.6) is 0 Å². The van der Waals surface area contributed by atoms with E-state index in [9.17, 15) is 0 Å². The lowest BCUT2D eigenvalue weighted by molar-refractivity contribution is -0.0830. The average Bonchev–Trinajstić information content (AvgIpc) is 2.53. The van der Waals surface area contributed by atoms with Gasteiger partial charge in [-0.25, -0.2) is 0 Å². The lowest BCUT2D eigenvalue weighted by Gasteiger charge is -2.39. The molecule has 3 heteroatoms. The highest BCUT2D eigenvalue weighted by molar-refractivity contribution is 5.15. The summed E-state index contributed by atoms with van der Waals surface area (Å²) in [4.78, 5) is 2.23. The van der Waals surface area contributed by atoms with Crippen LogP contribution in [-0.4, -0.2) is 50.8 Å². The molecule has 1 aliphatic rings. The Labute approximate surface area is 148 Å². The third-order valence-corrected chi connectivity index (χ3v) is 5.17. The zero-order chi connectivity index (χ0) is 17.4. The second-order valence-corrected chi connectivity index (χ2v) is 8.15. The Hall–Kier alpha value is -0.900. The third kappa shape index (κ3) is 6.92. The molecule has 2 rings (SSSR count). The van der Waals surface area contributed by atoms with E-state index in [1.54, 1.807) is 0 Å². The molecule has 1 aromatic rings. The SMILES string of the molecule is CN(C)CCNCCC(Cc1ccccc1)C1CCOC(C)(C)C1. The number of nitrogens with one attached hydrogen (secondary N) is 1. The summed E-state index contributed by atoms with van der Waals surface area (Å²) < 4.78 is 5.94. The van der Waals surface area contributed by atoms with Crippen molar-refractivity contribution in [2.45, 2.75) is 45.1 Å². The summed E-state index contributed by atoms with van der Waals surface area (Å²) in [7, 11) is 4.26. The average molecular weight is 333 g/mol. The number of nitrogens with zero attached hydrogens (tertiary/aromatic N) is 1. The van der Waals surface area contributed by atoms with E-state index in [-0.39, 0.29) is 5.60 Å². The quantitative estimate of drug-likeness (QED) is 0.699. The minimum absolute atomic E-state index is 0.0379. The molecule has 0 spiro atoms. The smallest absolute Gasteiger partial charge is 0.0629 e. The van der Waals surface area contributed by atoms with Gasteiger partial charge in [0, 0.05) is 19.7 Å². The van der Waals surface area contributed by atoms with Crippen LogP contribution in [0.1, 0.15) is 38.7 Å². The first kappa shape index (κ1) is 19.4. The van der Waals surface area contributed by atoms with Crippen molar-refractivity contribution in [3.05, 3.63) is 35.9 Å². The van der Waals surface area contributed by atoms with Gasteiger partial charge in [-0.1, -0.05) is 30.3 Å². The maximum Gasteiger partial charge on any atom is 0.0629 e. The van der Waals surface area contributed by atoms with Crippen LogP contribution in [0.3, 0.4) is 0 Å². The lowest BCUT2D eigenvalue weighted by atomic mass is 9.76. The first-order chi connectivity index (χ1) is 11.5. The Morgan fingerprint density at radius 1 is 1.21 bits per heavy atom. The molecular weight excluding hydrogens is 296 g/mol.